The van der Waals surface area contributed by atoms with Gasteiger partial charge in [0.2, 0.25) is 12.7 Å². The summed E-state index contributed by atoms with van der Waals surface area (Å²) in [5.74, 6) is 1.75. The lowest BCUT2D eigenvalue weighted by Crippen LogP contribution is -2.46. The van der Waals surface area contributed by atoms with Gasteiger partial charge in [0.1, 0.15) is 23.9 Å². The second-order valence-corrected chi connectivity index (χ2v) is 9.93. The lowest BCUT2D eigenvalue weighted by molar-refractivity contribution is -0.133. The quantitative estimate of drug-likeness (QED) is 0.381. The van der Waals surface area contributed by atoms with E-state index >= 15 is 0 Å². The van der Waals surface area contributed by atoms with Crippen molar-refractivity contribution in [1.82, 2.24) is 9.80 Å². The first-order valence-corrected chi connectivity index (χ1v) is 13.1. The predicted molar refractivity (Wildman–Crippen MR) is 141 cm³/mol. The molecular formula is C28H29ClFN3O6. The Morgan fingerprint density at radius 3 is 2.64 bits per heavy atom. The smallest absolute Gasteiger partial charge is 0.322 e. The Morgan fingerprint density at radius 1 is 1.05 bits per heavy atom. The summed E-state index contributed by atoms with van der Waals surface area (Å²) in [6.07, 6.45) is 1.48. The number of benzene rings is 2. The number of halogens is 2. The molecule has 3 aromatic rings. The highest BCUT2D eigenvalue weighted by Gasteiger charge is 2.27. The summed E-state index contributed by atoms with van der Waals surface area (Å²) in [6, 6.07) is 12.6. The van der Waals surface area contributed by atoms with E-state index < -0.39 is 11.8 Å². The van der Waals surface area contributed by atoms with E-state index in [0.717, 1.165) is 24.2 Å². The zero-order chi connectivity index (χ0) is 27.4. The predicted octanol–water partition coefficient (Wildman–Crippen LogP) is 5.35. The first-order chi connectivity index (χ1) is 18.8. The standard InChI is InChI=1S/C28H29ClFN3O6/c1-18-4-7-22(39-18)15-32(13-19-5-9-25-26(11-19)38-17-37-25)27(34)16-33(14-21-3-2-10-36-21)28(35)31-20-6-8-24(30)23(29)12-20/h4-9,11-12,21H,2-3,10,13-17H2,1H3,(H,31,35). The van der Waals surface area contributed by atoms with Crippen molar-refractivity contribution in [3.8, 4) is 11.5 Å². The van der Waals surface area contributed by atoms with Crippen molar-refractivity contribution in [1.29, 1.82) is 0 Å². The van der Waals surface area contributed by atoms with Crippen LogP contribution < -0.4 is 14.8 Å². The number of furan rings is 1. The first-order valence-electron chi connectivity index (χ1n) is 12.7. The SMILES string of the molecule is Cc1ccc(CN(Cc2ccc3c(c2)OCO3)C(=O)CN(CC2CCCO2)C(=O)Nc2ccc(F)c(Cl)c2)o1. The largest absolute Gasteiger partial charge is 0.464 e. The van der Waals surface area contributed by atoms with Crippen LogP contribution in [0.3, 0.4) is 0 Å². The van der Waals surface area contributed by atoms with Gasteiger partial charge in [-0.05, 0) is 67.8 Å². The van der Waals surface area contributed by atoms with Crippen molar-refractivity contribution in [3.63, 3.8) is 0 Å². The van der Waals surface area contributed by atoms with Crippen molar-refractivity contribution >= 4 is 29.2 Å². The van der Waals surface area contributed by atoms with Gasteiger partial charge < -0.3 is 33.7 Å². The van der Waals surface area contributed by atoms with E-state index in [0.29, 0.717) is 29.6 Å². The summed E-state index contributed by atoms with van der Waals surface area (Å²) >= 11 is 5.88. The topological polar surface area (TPSA) is 93.5 Å². The van der Waals surface area contributed by atoms with Crippen LogP contribution in [-0.2, 0) is 22.6 Å². The first kappa shape index (κ1) is 26.8. The van der Waals surface area contributed by atoms with Gasteiger partial charge in [-0.2, -0.15) is 0 Å². The van der Waals surface area contributed by atoms with E-state index in [1.807, 2.05) is 37.3 Å². The number of rotatable bonds is 9. The second kappa shape index (κ2) is 12.0. The van der Waals surface area contributed by atoms with Crippen LogP contribution in [0, 0.1) is 12.7 Å². The van der Waals surface area contributed by atoms with Crippen LogP contribution in [0.25, 0.3) is 0 Å². The Kier molecular flexibility index (Phi) is 8.23. The Balaban J connectivity index is 1.35. The van der Waals surface area contributed by atoms with Gasteiger partial charge in [0, 0.05) is 25.4 Å². The lowest BCUT2D eigenvalue weighted by Gasteiger charge is -2.29. The van der Waals surface area contributed by atoms with Crippen molar-refractivity contribution < 1.29 is 32.6 Å². The number of hydrogen-bond acceptors (Lipinski definition) is 6. The number of amides is 3. The number of anilines is 1. The van der Waals surface area contributed by atoms with Crippen LogP contribution in [0.4, 0.5) is 14.9 Å². The van der Waals surface area contributed by atoms with Gasteiger partial charge in [-0.3, -0.25) is 4.79 Å². The third-order valence-electron chi connectivity index (χ3n) is 6.54. The van der Waals surface area contributed by atoms with Crippen molar-refractivity contribution in [2.75, 3.05) is 31.8 Å². The monoisotopic (exact) mass is 557 g/mol. The highest BCUT2D eigenvalue weighted by molar-refractivity contribution is 6.31. The summed E-state index contributed by atoms with van der Waals surface area (Å²) in [6.45, 7) is 3.09. The molecule has 5 rings (SSSR count). The van der Waals surface area contributed by atoms with E-state index in [4.69, 9.17) is 30.2 Å². The van der Waals surface area contributed by atoms with E-state index in [1.165, 1.54) is 23.1 Å². The van der Waals surface area contributed by atoms with Gasteiger partial charge in [0.25, 0.3) is 0 Å². The number of aryl methyl sites for hydroxylation is 1. The fourth-order valence-corrected chi connectivity index (χ4v) is 4.72. The van der Waals surface area contributed by atoms with Crippen molar-refractivity contribution in [2.24, 2.45) is 0 Å². The zero-order valence-corrected chi connectivity index (χ0v) is 22.2. The summed E-state index contributed by atoms with van der Waals surface area (Å²) < 4.78 is 36.0. The Bertz CT molecular complexity index is 1340. The maximum atomic E-state index is 13.7. The van der Waals surface area contributed by atoms with Crippen LogP contribution in [-0.4, -0.2) is 54.3 Å². The molecule has 2 aliphatic heterocycles. The van der Waals surface area contributed by atoms with Crippen LogP contribution >= 0.6 is 11.6 Å². The molecule has 11 heteroatoms. The molecule has 206 valence electrons. The fraction of sp³-hybridized carbons (Fsp3) is 0.357. The van der Waals surface area contributed by atoms with Gasteiger partial charge in [0.15, 0.2) is 11.5 Å². The fourth-order valence-electron chi connectivity index (χ4n) is 4.54. The highest BCUT2D eigenvalue weighted by atomic mass is 35.5. The van der Waals surface area contributed by atoms with Gasteiger partial charge in [-0.15, -0.1) is 0 Å². The maximum Gasteiger partial charge on any atom is 0.322 e. The molecule has 1 saturated heterocycles. The summed E-state index contributed by atoms with van der Waals surface area (Å²) in [5, 5.41) is 2.61. The third kappa shape index (κ3) is 6.82. The van der Waals surface area contributed by atoms with Crippen molar-refractivity contribution in [3.05, 3.63) is 76.5 Å². The molecule has 1 fully saturated rings. The number of ether oxygens (including phenoxy) is 3. The molecule has 2 aliphatic rings. The Labute approximate surface area is 230 Å². The minimum absolute atomic E-state index is 0.113. The molecule has 1 atom stereocenters. The maximum absolute atomic E-state index is 13.7. The minimum Gasteiger partial charge on any atom is -0.464 e. The van der Waals surface area contributed by atoms with Gasteiger partial charge in [-0.25, -0.2) is 9.18 Å². The number of nitrogens with zero attached hydrogens (tertiary/aromatic N) is 2. The average Bonchev–Trinajstić information content (AvgIpc) is 3.68. The number of urea groups is 1. The molecular weight excluding hydrogens is 529 g/mol. The van der Waals surface area contributed by atoms with E-state index in [-0.39, 0.29) is 50.0 Å². The molecule has 0 spiro atoms. The highest BCUT2D eigenvalue weighted by Crippen LogP contribution is 2.33. The number of fused-ring (bicyclic) bond motifs is 1. The number of carbonyl (C=O) groups is 2. The van der Waals surface area contributed by atoms with Crippen LogP contribution in [0.1, 0.15) is 29.9 Å². The summed E-state index contributed by atoms with van der Waals surface area (Å²) in [5.41, 5.74) is 1.16. The van der Waals surface area contributed by atoms with Gasteiger partial charge in [0.05, 0.1) is 17.7 Å². The summed E-state index contributed by atoms with van der Waals surface area (Å²) in [4.78, 5) is 30.1. The van der Waals surface area contributed by atoms with Crippen LogP contribution in [0.2, 0.25) is 5.02 Å². The molecule has 1 aromatic heterocycles. The number of carbonyl (C=O) groups excluding carboxylic acids is 2. The average molecular weight is 558 g/mol. The molecule has 0 saturated carbocycles. The molecule has 9 nitrogen and oxygen atoms in total. The Morgan fingerprint density at radius 2 is 1.90 bits per heavy atom. The molecule has 3 amide bonds. The van der Waals surface area contributed by atoms with Gasteiger partial charge >= 0.3 is 6.03 Å². The van der Waals surface area contributed by atoms with E-state index in [9.17, 15) is 14.0 Å². The summed E-state index contributed by atoms with van der Waals surface area (Å²) in [7, 11) is 0. The molecule has 0 radical (unpaired) electrons. The normalized spacial score (nSPS) is 15.8. The minimum atomic E-state index is -0.589. The van der Waals surface area contributed by atoms with E-state index in [2.05, 4.69) is 5.32 Å². The molecule has 3 heterocycles. The molecule has 39 heavy (non-hydrogen) atoms. The van der Waals surface area contributed by atoms with Crippen LogP contribution in [0.15, 0.2) is 52.9 Å². The molecule has 0 bridgehead atoms. The number of nitrogens with one attached hydrogen (secondary N) is 1. The molecule has 1 N–H and O–H groups in total. The van der Waals surface area contributed by atoms with Gasteiger partial charge in [-0.1, -0.05) is 17.7 Å². The van der Waals surface area contributed by atoms with Crippen molar-refractivity contribution in [2.45, 2.75) is 39.0 Å². The molecule has 0 aliphatic carbocycles. The van der Waals surface area contributed by atoms with E-state index in [1.54, 1.807) is 4.90 Å². The third-order valence-corrected chi connectivity index (χ3v) is 6.83. The number of hydrogen-bond donors (Lipinski definition) is 1. The molecule has 2 aromatic carbocycles. The Hall–Kier alpha value is -3.76. The second-order valence-electron chi connectivity index (χ2n) is 9.52. The van der Waals surface area contributed by atoms with Crippen LogP contribution in [0.5, 0.6) is 11.5 Å². The lowest BCUT2D eigenvalue weighted by atomic mass is 10.1. The molecule has 1 unspecified atom stereocenters. The zero-order valence-electron chi connectivity index (χ0n) is 21.5.